The summed E-state index contributed by atoms with van der Waals surface area (Å²) in [4.78, 5) is 21.8. The van der Waals surface area contributed by atoms with Crippen molar-refractivity contribution in [2.24, 2.45) is 5.92 Å². The third-order valence-electron chi connectivity index (χ3n) is 3.22. The maximum absolute atomic E-state index is 11.1. The van der Waals surface area contributed by atoms with Gasteiger partial charge in [-0.2, -0.15) is 0 Å². The van der Waals surface area contributed by atoms with Crippen LogP contribution in [0.2, 0.25) is 0 Å². The fraction of sp³-hybridized carbons (Fsp3) is 0.538. The number of nitrogens with one attached hydrogen (secondary N) is 1. The zero-order valence-corrected chi connectivity index (χ0v) is 10.5. The summed E-state index contributed by atoms with van der Waals surface area (Å²) < 4.78 is 5.66. The van der Waals surface area contributed by atoms with Gasteiger partial charge in [0.05, 0.1) is 12.5 Å². The van der Waals surface area contributed by atoms with Gasteiger partial charge in [-0.05, 0) is 24.5 Å². The van der Waals surface area contributed by atoms with Crippen LogP contribution < -0.4 is 5.32 Å². The second kappa shape index (κ2) is 4.84. The molecule has 2 rings (SSSR count). The number of carbonyl (C=O) groups excluding carboxylic acids is 1. The third-order valence-corrected chi connectivity index (χ3v) is 3.22. The molecule has 1 aliphatic carbocycles. The molecule has 1 fully saturated rings. The predicted molar refractivity (Wildman–Crippen MR) is 64.0 cm³/mol. The topological polar surface area (TPSA) is 79.5 Å². The monoisotopic (exact) mass is 251 g/mol. The molecule has 1 heterocycles. The normalized spacial score (nSPS) is 23.4. The van der Waals surface area contributed by atoms with Crippen molar-refractivity contribution < 1.29 is 19.1 Å². The van der Waals surface area contributed by atoms with Crippen LogP contribution in [0.25, 0.3) is 0 Å². The number of amides is 1. The Labute approximate surface area is 105 Å². The van der Waals surface area contributed by atoms with Crippen LogP contribution in [0.3, 0.4) is 0 Å². The predicted octanol–water partition coefficient (Wildman–Crippen LogP) is 2.05. The summed E-state index contributed by atoms with van der Waals surface area (Å²) in [6.07, 6.45) is 0.934. The van der Waals surface area contributed by atoms with Crippen molar-refractivity contribution >= 4 is 11.9 Å². The summed E-state index contributed by atoms with van der Waals surface area (Å²) in [6.45, 7) is 3.51. The van der Waals surface area contributed by atoms with Gasteiger partial charge in [0, 0.05) is 12.8 Å². The van der Waals surface area contributed by atoms with Crippen LogP contribution in [0.15, 0.2) is 16.5 Å². The SMILES string of the molecule is CC(=O)N[C@@H](CC(=O)O)c1ccc(C2CC2C)o1. The van der Waals surface area contributed by atoms with E-state index in [9.17, 15) is 9.59 Å². The van der Waals surface area contributed by atoms with Crippen LogP contribution in [0.1, 0.15) is 50.2 Å². The van der Waals surface area contributed by atoms with E-state index in [-0.39, 0.29) is 12.3 Å². The second-order valence-electron chi connectivity index (χ2n) is 4.91. The van der Waals surface area contributed by atoms with Crippen molar-refractivity contribution in [2.45, 2.75) is 38.6 Å². The van der Waals surface area contributed by atoms with E-state index in [0.29, 0.717) is 17.6 Å². The first kappa shape index (κ1) is 12.7. The Bertz CT molecular complexity index is 449. The first-order valence-electron chi connectivity index (χ1n) is 6.06. The maximum atomic E-state index is 11.1. The lowest BCUT2D eigenvalue weighted by Crippen LogP contribution is -2.27. The maximum Gasteiger partial charge on any atom is 0.305 e. The van der Waals surface area contributed by atoms with Crippen LogP contribution >= 0.6 is 0 Å². The minimum absolute atomic E-state index is 0.174. The van der Waals surface area contributed by atoms with Gasteiger partial charge in [0.1, 0.15) is 11.5 Å². The van der Waals surface area contributed by atoms with Crippen molar-refractivity contribution in [1.29, 1.82) is 0 Å². The summed E-state index contributed by atoms with van der Waals surface area (Å²) in [5.41, 5.74) is 0. The van der Waals surface area contributed by atoms with E-state index >= 15 is 0 Å². The van der Waals surface area contributed by atoms with Gasteiger partial charge in [0.15, 0.2) is 0 Å². The van der Waals surface area contributed by atoms with E-state index in [1.54, 1.807) is 6.07 Å². The molecule has 0 spiro atoms. The third kappa shape index (κ3) is 2.91. The van der Waals surface area contributed by atoms with Gasteiger partial charge in [0.25, 0.3) is 0 Å². The van der Waals surface area contributed by atoms with E-state index in [0.717, 1.165) is 12.2 Å². The van der Waals surface area contributed by atoms with Crippen LogP contribution in [0.4, 0.5) is 0 Å². The van der Waals surface area contributed by atoms with Gasteiger partial charge in [-0.1, -0.05) is 6.92 Å². The smallest absolute Gasteiger partial charge is 0.305 e. The van der Waals surface area contributed by atoms with Crippen LogP contribution in [0, 0.1) is 5.92 Å². The molecule has 2 N–H and O–H groups in total. The van der Waals surface area contributed by atoms with Crippen molar-refractivity contribution in [1.82, 2.24) is 5.32 Å². The number of furan rings is 1. The highest BCUT2D eigenvalue weighted by Crippen LogP contribution is 2.47. The Hall–Kier alpha value is -1.78. The Morgan fingerprint density at radius 1 is 1.56 bits per heavy atom. The lowest BCUT2D eigenvalue weighted by Gasteiger charge is -2.13. The van der Waals surface area contributed by atoms with Crippen molar-refractivity contribution in [3.63, 3.8) is 0 Å². The summed E-state index contributed by atoms with van der Waals surface area (Å²) >= 11 is 0. The molecule has 0 aromatic carbocycles. The number of aliphatic carboxylic acids is 1. The van der Waals surface area contributed by atoms with Crippen LogP contribution in [-0.2, 0) is 9.59 Å². The zero-order chi connectivity index (χ0) is 13.3. The summed E-state index contributed by atoms with van der Waals surface area (Å²) in [6, 6.07) is 3.03. The molecular formula is C13H17NO4. The molecule has 1 amide bonds. The van der Waals surface area contributed by atoms with E-state index < -0.39 is 12.0 Å². The Balaban J connectivity index is 2.11. The Kier molecular flexibility index (Phi) is 3.41. The molecular weight excluding hydrogens is 234 g/mol. The van der Waals surface area contributed by atoms with Gasteiger partial charge >= 0.3 is 5.97 Å². The molecule has 1 saturated carbocycles. The summed E-state index contributed by atoms with van der Waals surface area (Å²) in [5, 5.41) is 11.4. The van der Waals surface area contributed by atoms with Crippen LogP contribution in [-0.4, -0.2) is 17.0 Å². The zero-order valence-electron chi connectivity index (χ0n) is 10.5. The number of carboxylic acid groups (broad SMARTS) is 1. The fourth-order valence-electron chi connectivity index (χ4n) is 2.12. The molecule has 1 aromatic heterocycles. The highest BCUT2D eigenvalue weighted by Gasteiger charge is 2.37. The molecule has 5 nitrogen and oxygen atoms in total. The average molecular weight is 251 g/mol. The van der Waals surface area contributed by atoms with E-state index in [4.69, 9.17) is 9.52 Å². The summed E-state index contributed by atoms with van der Waals surface area (Å²) in [7, 11) is 0. The van der Waals surface area contributed by atoms with Crippen LogP contribution in [0.5, 0.6) is 0 Å². The minimum Gasteiger partial charge on any atom is -0.481 e. The second-order valence-corrected chi connectivity index (χ2v) is 4.91. The molecule has 3 atom stereocenters. The first-order valence-corrected chi connectivity index (χ1v) is 6.06. The molecule has 1 aromatic rings. The molecule has 0 aliphatic heterocycles. The van der Waals surface area contributed by atoms with Crippen molar-refractivity contribution in [3.05, 3.63) is 23.7 Å². The standard InChI is InChI=1S/C13H17NO4/c1-7-5-9(7)11-3-4-12(18-11)10(6-13(16)17)14-8(2)15/h3-4,7,9-10H,5-6H2,1-2H3,(H,14,15)(H,16,17)/t7?,9?,10-/m0/s1. The average Bonchev–Trinajstić information content (AvgIpc) is 2.79. The minimum atomic E-state index is -0.966. The summed E-state index contributed by atoms with van der Waals surface area (Å²) in [5.74, 6) is 1.25. The fourth-order valence-corrected chi connectivity index (χ4v) is 2.12. The highest BCUT2D eigenvalue weighted by molar-refractivity contribution is 5.75. The van der Waals surface area contributed by atoms with Gasteiger partial charge in [-0.3, -0.25) is 9.59 Å². The number of rotatable bonds is 5. The first-order chi connectivity index (χ1) is 8.47. The number of hydrogen-bond donors (Lipinski definition) is 2. The number of carboxylic acids is 1. The number of carbonyl (C=O) groups is 2. The quantitative estimate of drug-likeness (QED) is 0.839. The van der Waals surface area contributed by atoms with Gasteiger partial charge < -0.3 is 14.8 Å². The lowest BCUT2D eigenvalue weighted by atomic mass is 10.1. The number of hydrogen-bond acceptors (Lipinski definition) is 3. The van der Waals surface area contributed by atoms with E-state index in [1.807, 2.05) is 6.07 Å². The Morgan fingerprint density at radius 2 is 2.22 bits per heavy atom. The molecule has 18 heavy (non-hydrogen) atoms. The van der Waals surface area contributed by atoms with Crippen molar-refractivity contribution in [3.8, 4) is 0 Å². The van der Waals surface area contributed by atoms with E-state index in [2.05, 4.69) is 12.2 Å². The molecule has 2 unspecified atom stereocenters. The molecule has 0 bridgehead atoms. The highest BCUT2D eigenvalue weighted by atomic mass is 16.4. The van der Waals surface area contributed by atoms with Crippen molar-refractivity contribution in [2.75, 3.05) is 0 Å². The molecule has 5 heteroatoms. The molecule has 0 saturated heterocycles. The molecule has 98 valence electrons. The van der Waals surface area contributed by atoms with Gasteiger partial charge in [-0.25, -0.2) is 0 Å². The molecule has 1 aliphatic rings. The lowest BCUT2D eigenvalue weighted by molar-refractivity contribution is -0.137. The molecule has 0 radical (unpaired) electrons. The largest absolute Gasteiger partial charge is 0.481 e. The van der Waals surface area contributed by atoms with Gasteiger partial charge in [-0.15, -0.1) is 0 Å². The van der Waals surface area contributed by atoms with E-state index in [1.165, 1.54) is 6.92 Å². The Morgan fingerprint density at radius 3 is 2.72 bits per heavy atom. The van der Waals surface area contributed by atoms with Gasteiger partial charge in [0.2, 0.25) is 5.91 Å².